The summed E-state index contributed by atoms with van der Waals surface area (Å²) in [5, 5.41) is 0. The first-order valence-electron chi connectivity index (χ1n) is 6.93. The fraction of sp³-hybridized carbons (Fsp3) is 0.250. The van der Waals surface area contributed by atoms with Gasteiger partial charge in [0.2, 0.25) is 0 Å². The normalized spacial score (nSPS) is 11.2. The lowest BCUT2D eigenvalue weighted by Gasteiger charge is -2.18. The smallest absolute Gasteiger partial charge is 0.0585 e. The minimum absolute atomic E-state index is 0.878. The van der Waals surface area contributed by atoms with Crippen molar-refractivity contribution in [1.29, 1.82) is 0 Å². The Morgan fingerprint density at radius 2 is 1.17 bits per heavy atom. The highest BCUT2D eigenvalue weighted by Crippen LogP contribution is 2.25. The number of benzene rings is 2. The molecule has 0 aromatic heterocycles. The molecule has 0 bridgehead atoms. The van der Waals surface area contributed by atoms with Crippen LogP contribution in [0.3, 0.4) is 0 Å². The van der Waals surface area contributed by atoms with Gasteiger partial charge in [0.05, 0.1) is 11.4 Å². The first-order valence-corrected chi connectivity index (χ1v) is 11.2. The van der Waals surface area contributed by atoms with Gasteiger partial charge < -0.3 is 16.4 Å². The second-order valence-electron chi connectivity index (χ2n) is 5.43. The van der Waals surface area contributed by atoms with Crippen LogP contribution >= 0.6 is 90.4 Å². The largest absolute Gasteiger partial charge is 0.397 e. The number of halogens is 4. The molecule has 0 aliphatic heterocycles. The Morgan fingerprint density at radius 3 is 1.61 bits per heavy atom. The average Bonchev–Trinajstić information content (AvgIpc) is 2.48. The topological polar surface area (TPSA) is 55.3 Å². The van der Waals surface area contributed by atoms with Gasteiger partial charge in [0.15, 0.2) is 0 Å². The molecule has 0 aliphatic rings. The zero-order valence-electron chi connectivity index (χ0n) is 12.5. The predicted molar refractivity (Wildman–Crippen MR) is 133 cm³/mol. The zero-order chi connectivity index (χ0) is 17.1. The summed E-state index contributed by atoms with van der Waals surface area (Å²) in [4.78, 5) is 2.34. The molecule has 3 nitrogen and oxygen atoms in total. The molecule has 0 radical (unpaired) electrons. The van der Waals surface area contributed by atoms with Crippen molar-refractivity contribution in [2.45, 2.75) is 13.0 Å². The van der Waals surface area contributed by atoms with Gasteiger partial charge in [-0.15, -0.1) is 0 Å². The minimum Gasteiger partial charge on any atom is -0.397 e. The van der Waals surface area contributed by atoms with Crippen molar-refractivity contribution in [2.75, 3.05) is 25.1 Å². The molecule has 0 saturated heterocycles. The second kappa shape index (κ2) is 9.03. The molecule has 0 aliphatic carbocycles. The fourth-order valence-electron chi connectivity index (χ4n) is 2.22. The summed E-state index contributed by atoms with van der Waals surface area (Å²) in [6.45, 7) is 1.93. The molecule has 2 aromatic carbocycles. The Bertz CT molecular complexity index is 672. The number of nitrogens with zero attached hydrogens (tertiary/aromatic N) is 1. The van der Waals surface area contributed by atoms with Gasteiger partial charge in [-0.1, -0.05) is 0 Å². The van der Waals surface area contributed by atoms with Crippen molar-refractivity contribution < 1.29 is 0 Å². The molecule has 2 aromatic rings. The van der Waals surface area contributed by atoms with Gasteiger partial charge in [0.1, 0.15) is 0 Å². The summed E-state index contributed by atoms with van der Waals surface area (Å²) in [6, 6.07) is 8.70. The van der Waals surface area contributed by atoms with E-state index in [1.165, 1.54) is 11.1 Å². The van der Waals surface area contributed by atoms with Gasteiger partial charge in [-0.2, -0.15) is 0 Å². The quantitative estimate of drug-likeness (QED) is 0.336. The van der Waals surface area contributed by atoms with Crippen LogP contribution in [0.1, 0.15) is 11.1 Å². The highest BCUT2D eigenvalue weighted by atomic mass is 127. The van der Waals surface area contributed by atoms with Crippen molar-refractivity contribution in [3.8, 4) is 0 Å². The summed E-state index contributed by atoms with van der Waals surface area (Å²) >= 11 is 9.21. The fourth-order valence-corrected chi connectivity index (χ4v) is 6.01. The first kappa shape index (κ1) is 20.2. The lowest BCUT2D eigenvalue weighted by Crippen LogP contribution is -2.21. The number of hydrogen-bond acceptors (Lipinski definition) is 3. The molecule has 0 atom stereocenters. The van der Waals surface area contributed by atoms with Crippen LogP contribution in [0, 0.1) is 14.3 Å². The molecule has 7 heteroatoms. The summed E-state index contributed by atoms with van der Waals surface area (Å²) in [5.41, 5.74) is 16.4. The predicted octanol–water partition coefficient (Wildman–Crippen LogP) is 4.94. The Hall–Kier alpha value is 0.920. The third-order valence-electron chi connectivity index (χ3n) is 3.51. The van der Waals surface area contributed by atoms with E-state index >= 15 is 0 Å². The van der Waals surface area contributed by atoms with E-state index in [-0.39, 0.29) is 0 Å². The molecule has 0 fully saturated rings. The van der Waals surface area contributed by atoms with Gasteiger partial charge >= 0.3 is 0 Å². The summed E-state index contributed by atoms with van der Waals surface area (Å²) in [6.07, 6.45) is 1.02. The van der Waals surface area contributed by atoms with E-state index < -0.39 is 0 Å². The maximum absolute atomic E-state index is 6.02. The highest BCUT2D eigenvalue weighted by molar-refractivity contribution is 14.1. The Morgan fingerprint density at radius 1 is 0.783 bits per heavy atom. The Labute approximate surface area is 191 Å². The number of nitrogens with two attached hydrogens (primary N) is 2. The van der Waals surface area contributed by atoms with E-state index in [0.717, 1.165) is 45.2 Å². The van der Waals surface area contributed by atoms with Gasteiger partial charge in [0, 0.05) is 27.4 Å². The molecular weight excluding hydrogens is 742 g/mol. The first-order chi connectivity index (χ1) is 10.8. The lowest BCUT2D eigenvalue weighted by molar-refractivity contribution is 0.331. The van der Waals surface area contributed by atoms with Gasteiger partial charge in [0.25, 0.3) is 0 Å². The van der Waals surface area contributed by atoms with Gasteiger partial charge in [-0.05, 0) is 139 Å². The second-order valence-corrected chi connectivity index (χ2v) is 10.1. The standard InChI is InChI=1S/C16H17I4N3/c1-23(8-10-6-13(19)16(22)14(20)7-10)3-2-9-4-11(17)15(21)12(18)5-9/h4-7H,2-3,8,21-22H2,1H3. The number of likely N-dealkylation sites (N-methyl/N-ethyl adjacent to an activating group) is 1. The average molecular weight is 759 g/mol. The van der Waals surface area contributed by atoms with E-state index in [1.807, 2.05) is 0 Å². The summed E-state index contributed by atoms with van der Waals surface area (Å²) < 4.78 is 4.52. The Kier molecular flexibility index (Phi) is 7.95. The number of nitrogen functional groups attached to an aromatic ring is 2. The monoisotopic (exact) mass is 759 g/mol. The molecule has 124 valence electrons. The SMILES string of the molecule is CN(CCc1cc(I)c(N)c(I)c1)Cc1cc(I)c(N)c(I)c1. The van der Waals surface area contributed by atoms with Crippen LogP contribution in [0.15, 0.2) is 24.3 Å². The van der Waals surface area contributed by atoms with E-state index in [9.17, 15) is 0 Å². The summed E-state index contributed by atoms with van der Waals surface area (Å²) in [5.74, 6) is 0. The molecule has 0 spiro atoms. The van der Waals surface area contributed by atoms with Crippen LogP contribution in [0.5, 0.6) is 0 Å². The molecular formula is C16H17I4N3. The van der Waals surface area contributed by atoms with Crippen molar-refractivity contribution in [3.63, 3.8) is 0 Å². The molecule has 4 N–H and O–H groups in total. The van der Waals surface area contributed by atoms with Crippen LogP contribution in [0.25, 0.3) is 0 Å². The van der Waals surface area contributed by atoms with E-state index in [1.54, 1.807) is 0 Å². The molecule has 0 heterocycles. The molecule has 0 amide bonds. The maximum atomic E-state index is 6.02. The van der Waals surface area contributed by atoms with Crippen molar-refractivity contribution >= 4 is 102 Å². The highest BCUT2D eigenvalue weighted by Gasteiger charge is 2.08. The van der Waals surface area contributed by atoms with Gasteiger partial charge in [-0.3, -0.25) is 0 Å². The number of rotatable bonds is 5. The summed E-state index contributed by atoms with van der Waals surface area (Å²) in [7, 11) is 2.16. The van der Waals surface area contributed by atoms with Crippen LogP contribution in [0.4, 0.5) is 11.4 Å². The molecule has 2 rings (SSSR count). The third-order valence-corrected chi connectivity index (χ3v) is 7.08. The van der Waals surface area contributed by atoms with Crippen molar-refractivity contribution in [2.24, 2.45) is 0 Å². The van der Waals surface area contributed by atoms with E-state index in [0.29, 0.717) is 0 Å². The van der Waals surface area contributed by atoms with E-state index in [4.69, 9.17) is 11.5 Å². The van der Waals surface area contributed by atoms with Crippen LogP contribution in [-0.4, -0.2) is 18.5 Å². The van der Waals surface area contributed by atoms with Crippen LogP contribution in [-0.2, 0) is 13.0 Å². The third kappa shape index (κ3) is 5.71. The number of hydrogen-bond donors (Lipinski definition) is 2. The van der Waals surface area contributed by atoms with Crippen LogP contribution in [0.2, 0.25) is 0 Å². The lowest BCUT2D eigenvalue weighted by atomic mass is 10.1. The van der Waals surface area contributed by atoms with Gasteiger partial charge in [-0.25, -0.2) is 0 Å². The van der Waals surface area contributed by atoms with Crippen molar-refractivity contribution in [1.82, 2.24) is 4.90 Å². The van der Waals surface area contributed by atoms with Crippen LogP contribution < -0.4 is 11.5 Å². The molecule has 0 unspecified atom stereocenters. The molecule has 0 saturated carbocycles. The zero-order valence-corrected chi connectivity index (χ0v) is 21.2. The van der Waals surface area contributed by atoms with Crippen molar-refractivity contribution in [3.05, 3.63) is 49.7 Å². The number of anilines is 2. The minimum atomic E-state index is 0.878. The van der Waals surface area contributed by atoms with E-state index in [2.05, 4.69) is 127 Å². The Balaban J connectivity index is 1.99. The molecule has 23 heavy (non-hydrogen) atoms. The maximum Gasteiger partial charge on any atom is 0.0585 e.